The molecule has 0 rings (SSSR count). The number of hydrogen-bond acceptors (Lipinski definition) is 4. The Kier molecular flexibility index (Phi) is 5.65. The van der Waals surface area contributed by atoms with Gasteiger partial charge >= 0.3 is 5.97 Å². The van der Waals surface area contributed by atoms with Gasteiger partial charge in [-0.15, -0.1) is 0 Å². The number of carbonyl (C=O) groups excluding carboxylic acids is 2. The predicted octanol–water partition coefficient (Wildman–Crippen LogP) is 1.66. The zero-order chi connectivity index (χ0) is 12.9. The van der Waals surface area contributed by atoms with Gasteiger partial charge in [0.05, 0.1) is 6.04 Å². The highest BCUT2D eigenvalue weighted by Gasteiger charge is 2.20. The molecule has 0 aliphatic carbocycles. The first-order valence-electron chi connectivity index (χ1n) is 5.64. The molecule has 4 nitrogen and oxygen atoms in total. The van der Waals surface area contributed by atoms with Crippen molar-refractivity contribution >= 4 is 11.8 Å². The smallest absolute Gasteiger partial charge is 0.306 e. The van der Waals surface area contributed by atoms with Gasteiger partial charge in [-0.1, -0.05) is 13.8 Å². The second-order valence-electron chi connectivity index (χ2n) is 5.29. The van der Waals surface area contributed by atoms with E-state index in [1.165, 1.54) is 0 Å². The van der Waals surface area contributed by atoms with E-state index in [1.54, 1.807) is 13.8 Å². The minimum Gasteiger partial charge on any atom is -0.460 e. The van der Waals surface area contributed by atoms with Gasteiger partial charge in [0.25, 0.3) is 0 Å². The van der Waals surface area contributed by atoms with Crippen LogP contribution in [0.5, 0.6) is 0 Å². The fourth-order valence-corrected chi connectivity index (χ4v) is 1.24. The van der Waals surface area contributed by atoms with Gasteiger partial charge in [0, 0.05) is 12.3 Å². The second kappa shape index (κ2) is 5.99. The predicted molar refractivity (Wildman–Crippen MR) is 62.9 cm³/mol. The zero-order valence-corrected chi connectivity index (χ0v) is 10.9. The Labute approximate surface area is 97.5 Å². The molecule has 0 bridgehead atoms. The van der Waals surface area contributed by atoms with Crippen molar-refractivity contribution in [1.82, 2.24) is 0 Å². The molecule has 0 saturated heterocycles. The maximum absolute atomic E-state index is 11.5. The quantitative estimate of drug-likeness (QED) is 0.728. The summed E-state index contributed by atoms with van der Waals surface area (Å²) in [5.74, 6) is -0.406. The maximum Gasteiger partial charge on any atom is 0.306 e. The first kappa shape index (κ1) is 15.1. The van der Waals surface area contributed by atoms with Crippen molar-refractivity contribution in [3.63, 3.8) is 0 Å². The third-order valence-corrected chi connectivity index (χ3v) is 2.01. The first-order chi connectivity index (χ1) is 7.13. The van der Waals surface area contributed by atoms with Crippen LogP contribution in [-0.4, -0.2) is 23.4 Å². The van der Waals surface area contributed by atoms with Crippen molar-refractivity contribution in [2.75, 3.05) is 0 Å². The van der Waals surface area contributed by atoms with E-state index in [9.17, 15) is 9.59 Å². The molecule has 0 amide bonds. The van der Waals surface area contributed by atoms with Gasteiger partial charge in [-0.25, -0.2) is 0 Å². The lowest BCUT2D eigenvalue weighted by Crippen LogP contribution is -2.34. The van der Waals surface area contributed by atoms with Gasteiger partial charge in [0.15, 0.2) is 5.78 Å². The molecule has 0 fully saturated rings. The number of esters is 1. The van der Waals surface area contributed by atoms with E-state index in [-0.39, 0.29) is 24.1 Å². The third kappa shape index (κ3) is 6.56. The van der Waals surface area contributed by atoms with Crippen LogP contribution in [0.1, 0.15) is 47.5 Å². The van der Waals surface area contributed by atoms with Crippen LogP contribution in [0.25, 0.3) is 0 Å². The molecule has 0 aromatic rings. The lowest BCUT2D eigenvalue weighted by molar-refractivity contribution is -0.155. The van der Waals surface area contributed by atoms with Gasteiger partial charge in [-0.05, 0) is 27.2 Å². The minimum absolute atomic E-state index is 0.0106. The number of nitrogens with two attached hydrogens (primary N) is 1. The molecule has 0 aliphatic rings. The monoisotopic (exact) mass is 229 g/mol. The number of rotatable bonds is 5. The van der Waals surface area contributed by atoms with Crippen LogP contribution in [0.4, 0.5) is 0 Å². The van der Waals surface area contributed by atoms with Crippen LogP contribution < -0.4 is 5.73 Å². The highest BCUT2D eigenvalue weighted by atomic mass is 16.6. The Morgan fingerprint density at radius 1 is 1.25 bits per heavy atom. The molecule has 0 unspecified atom stereocenters. The Morgan fingerprint density at radius 2 is 1.75 bits per heavy atom. The van der Waals surface area contributed by atoms with Crippen molar-refractivity contribution < 1.29 is 14.3 Å². The number of hydrogen-bond donors (Lipinski definition) is 1. The Bertz CT molecular complexity index is 253. The van der Waals surface area contributed by atoms with Crippen LogP contribution in [-0.2, 0) is 14.3 Å². The van der Waals surface area contributed by atoms with E-state index < -0.39 is 11.6 Å². The third-order valence-electron chi connectivity index (χ3n) is 2.01. The first-order valence-corrected chi connectivity index (χ1v) is 5.64. The summed E-state index contributed by atoms with van der Waals surface area (Å²) in [5.41, 5.74) is 5.19. The number of ether oxygens (including phenoxy) is 1. The van der Waals surface area contributed by atoms with Crippen LogP contribution >= 0.6 is 0 Å². The zero-order valence-electron chi connectivity index (χ0n) is 10.9. The van der Waals surface area contributed by atoms with E-state index in [0.29, 0.717) is 6.42 Å². The number of Topliss-reactive ketones (excluding diaryl/α,β-unsaturated/α-hetero) is 1. The van der Waals surface area contributed by atoms with Crippen LogP contribution in [0.2, 0.25) is 0 Å². The Balaban J connectivity index is 3.98. The molecule has 94 valence electrons. The highest BCUT2D eigenvalue weighted by Crippen LogP contribution is 2.10. The molecule has 0 aliphatic heterocycles. The van der Waals surface area contributed by atoms with E-state index in [2.05, 4.69) is 0 Å². The SMILES string of the molecule is CC(C)C(=O)[C@@H](N)CCC(=O)OC(C)(C)C. The average Bonchev–Trinajstić information content (AvgIpc) is 2.09. The second-order valence-corrected chi connectivity index (χ2v) is 5.29. The molecule has 1 atom stereocenters. The fourth-order valence-electron chi connectivity index (χ4n) is 1.24. The van der Waals surface area contributed by atoms with Gasteiger partial charge in [-0.2, -0.15) is 0 Å². The van der Waals surface area contributed by atoms with Gasteiger partial charge in [-0.3, -0.25) is 9.59 Å². The fraction of sp³-hybridized carbons (Fsp3) is 0.833. The molecule has 0 aromatic heterocycles. The number of carbonyl (C=O) groups is 2. The molecule has 0 aromatic carbocycles. The summed E-state index contributed by atoms with van der Waals surface area (Å²) in [7, 11) is 0. The van der Waals surface area contributed by atoms with Gasteiger partial charge in [0.2, 0.25) is 0 Å². The molecule has 4 heteroatoms. The van der Waals surface area contributed by atoms with Crippen LogP contribution in [0.3, 0.4) is 0 Å². The van der Waals surface area contributed by atoms with Crippen LogP contribution in [0.15, 0.2) is 0 Å². The van der Waals surface area contributed by atoms with Crippen molar-refractivity contribution in [2.45, 2.75) is 59.1 Å². The van der Waals surface area contributed by atoms with Crippen LogP contribution in [0, 0.1) is 5.92 Å². The van der Waals surface area contributed by atoms with E-state index >= 15 is 0 Å². The van der Waals surface area contributed by atoms with E-state index in [0.717, 1.165) is 0 Å². The summed E-state index contributed by atoms with van der Waals surface area (Å²) in [6.07, 6.45) is 0.544. The van der Waals surface area contributed by atoms with Crippen molar-refractivity contribution in [3.05, 3.63) is 0 Å². The molecule has 0 heterocycles. The minimum atomic E-state index is -0.562. The molecule has 0 spiro atoms. The topological polar surface area (TPSA) is 69.4 Å². The molecular formula is C12H23NO3. The lowest BCUT2D eigenvalue weighted by atomic mass is 9.99. The Hall–Kier alpha value is -0.900. The van der Waals surface area contributed by atoms with E-state index in [1.807, 2.05) is 20.8 Å². The Morgan fingerprint density at radius 3 is 2.12 bits per heavy atom. The summed E-state index contributed by atoms with van der Waals surface area (Å²) in [6, 6.07) is -0.562. The molecular weight excluding hydrogens is 206 g/mol. The highest BCUT2D eigenvalue weighted by molar-refractivity contribution is 5.86. The van der Waals surface area contributed by atoms with E-state index in [4.69, 9.17) is 10.5 Å². The van der Waals surface area contributed by atoms with Crippen molar-refractivity contribution in [3.8, 4) is 0 Å². The average molecular weight is 229 g/mol. The largest absolute Gasteiger partial charge is 0.460 e. The molecule has 16 heavy (non-hydrogen) atoms. The van der Waals surface area contributed by atoms with Gasteiger partial charge < -0.3 is 10.5 Å². The van der Waals surface area contributed by atoms with Crippen molar-refractivity contribution in [1.29, 1.82) is 0 Å². The summed E-state index contributed by atoms with van der Waals surface area (Å²) >= 11 is 0. The molecule has 0 radical (unpaired) electrons. The summed E-state index contributed by atoms with van der Waals surface area (Å²) in [4.78, 5) is 22.8. The van der Waals surface area contributed by atoms with Crippen molar-refractivity contribution in [2.24, 2.45) is 11.7 Å². The standard InChI is InChI=1S/C12H23NO3/c1-8(2)11(15)9(13)6-7-10(14)16-12(3,4)5/h8-9H,6-7,13H2,1-5H3/t9-/m0/s1. The lowest BCUT2D eigenvalue weighted by Gasteiger charge is -2.20. The normalized spacial score (nSPS) is 13.7. The van der Waals surface area contributed by atoms with Gasteiger partial charge in [0.1, 0.15) is 5.60 Å². The summed E-state index contributed by atoms with van der Waals surface area (Å²) in [5, 5.41) is 0. The maximum atomic E-state index is 11.5. The molecule has 0 saturated carbocycles. The number of ketones is 1. The summed E-state index contributed by atoms with van der Waals surface area (Å²) < 4.78 is 5.12. The molecule has 2 N–H and O–H groups in total. The summed E-state index contributed by atoms with van der Waals surface area (Å²) in [6.45, 7) is 9.03.